The highest BCUT2D eigenvalue weighted by Gasteiger charge is 2.12. The molecule has 1 rings (SSSR count). The number of ether oxygens (including phenoxy) is 1. The molecule has 6 heteroatoms. The molecule has 0 aromatic heterocycles. The van der Waals surface area contributed by atoms with E-state index in [2.05, 4.69) is 4.74 Å². The van der Waals surface area contributed by atoms with Gasteiger partial charge >= 0.3 is 5.97 Å². The highest BCUT2D eigenvalue weighted by molar-refractivity contribution is 8.03. The lowest BCUT2D eigenvalue weighted by Gasteiger charge is -2.03. The first-order chi connectivity index (χ1) is 9.99. The smallest absolute Gasteiger partial charge is 0.373 e. The van der Waals surface area contributed by atoms with Crippen LogP contribution in [-0.2, 0) is 9.53 Å². The molecule has 1 aromatic rings. The van der Waals surface area contributed by atoms with Crippen LogP contribution in [0.5, 0.6) is 0 Å². The average molecular weight is 310 g/mol. The summed E-state index contributed by atoms with van der Waals surface area (Å²) in [7, 11) is 0. The van der Waals surface area contributed by atoms with Gasteiger partial charge < -0.3 is 9.84 Å². The van der Waals surface area contributed by atoms with Crippen LogP contribution in [0, 0.1) is 5.82 Å². The van der Waals surface area contributed by atoms with Gasteiger partial charge in [0.2, 0.25) is 5.76 Å². The second kappa shape index (κ2) is 8.26. The molecule has 0 aliphatic heterocycles. The first-order valence-corrected chi connectivity index (χ1v) is 7.34. The summed E-state index contributed by atoms with van der Waals surface area (Å²) in [6.45, 7) is 1.76. The van der Waals surface area contributed by atoms with Gasteiger partial charge in [-0.3, -0.25) is 4.79 Å². The molecule has 0 saturated carbocycles. The third kappa shape index (κ3) is 5.07. The molecular formula is C15H15FO4S. The molecule has 0 aliphatic rings. The number of allylic oxidation sites excluding steroid dienone is 3. The number of rotatable bonds is 6. The van der Waals surface area contributed by atoms with Gasteiger partial charge in [0.25, 0.3) is 0 Å². The summed E-state index contributed by atoms with van der Waals surface area (Å²) < 4.78 is 17.4. The van der Waals surface area contributed by atoms with Crippen molar-refractivity contribution in [3.8, 4) is 0 Å². The second-order valence-corrected chi connectivity index (χ2v) is 4.69. The zero-order valence-corrected chi connectivity index (χ0v) is 12.4. The Morgan fingerprint density at radius 3 is 2.43 bits per heavy atom. The van der Waals surface area contributed by atoms with Crippen LogP contribution in [0.4, 0.5) is 4.39 Å². The number of aliphatic hydroxyl groups is 1. The maximum Gasteiger partial charge on any atom is 0.373 e. The van der Waals surface area contributed by atoms with Gasteiger partial charge in [-0.25, -0.2) is 9.18 Å². The number of hydrogen-bond acceptors (Lipinski definition) is 5. The first-order valence-electron chi connectivity index (χ1n) is 6.12. The molecule has 0 bridgehead atoms. The lowest BCUT2D eigenvalue weighted by Crippen LogP contribution is -2.07. The Balaban J connectivity index is 2.93. The molecule has 0 aliphatic carbocycles. The number of ketones is 1. The van der Waals surface area contributed by atoms with E-state index in [1.54, 1.807) is 13.2 Å². The van der Waals surface area contributed by atoms with Gasteiger partial charge in [-0.15, -0.1) is 11.8 Å². The molecule has 112 valence electrons. The predicted molar refractivity (Wildman–Crippen MR) is 79.7 cm³/mol. The molecule has 0 heterocycles. The van der Waals surface area contributed by atoms with Gasteiger partial charge in [-0.2, -0.15) is 0 Å². The monoisotopic (exact) mass is 310 g/mol. The molecule has 0 amide bonds. The predicted octanol–water partition coefficient (Wildman–Crippen LogP) is 3.26. The third-order valence-electron chi connectivity index (χ3n) is 2.43. The SMILES string of the molecule is CCOC(=O)/C(O)=C/C=C(\SC)C(=O)c1ccc(F)cc1. The highest BCUT2D eigenvalue weighted by Crippen LogP contribution is 2.19. The Morgan fingerprint density at radius 2 is 1.90 bits per heavy atom. The number of aliphatic hydroxyl groups excluding tert-OH is 1. The number of halogens is 1. The molecule has 1 N–H and O–H groups in total. The van der Waals surface area contributed by atoms with E-state index in [4.69, 9.17) is 0 Å². The Kier molecular flexibility index (Phi) is 6.68. The standard InChI is InChI=1S/C15H15FO4S/c1-3-20-15(19)12(17)8-9-13(21-2)14(18)10-4-6-11(16)7-5-10/h4-9,17H,3H2,1-2H3/b12-8-,13-9-. The Labute approximate surface area is 126 Å². The van der Waals surface area contributed by atoms with Crippen molar-refractivity contribution < 1.29 is 23.8 Å². The van der Waals surface area contributed by atoms with Crippen LogP contribution in [0.1, 0.15) is 17.3 Å². The van der Waals surface area contributed by atoms with E-state index in [1.165, 1.54) is 30.3 Å². The average Bonchev–Trinajstić information content (AvgIpc) is 2.48. The summed E-state index contributed by atoms with van der Waals surface area (Å²) in [5, 5.41) is 9.45. The second-order valence-electron chi connectivity index (χ2n) is 3.84. The highest BCUT2D eigenvalue weighted by atomic mass is 32.2. The summed E-state index contributed by atoms with van der Waals surface area (Å²) in [5.74, 6) is -2.20. The van der Waals surface area contributed by atoms with E-state index >= 15 is 0 Å². The quantitative estimate of drug-likeness (QED) is 0.287. The molecule has 21 heavy (non-hydrogen) atoms. The van der Waals surface area contributed by atoms with Crippen molar-refractivity contribution in [1.82, 2.24) is 0 Å². The topological polar surface area (TPSA) is 63.6 Å². The van der Waals surface area contributed by atoms with E-state index in [0.717, 1.165) is 17.8 Å². The molecule has 0 unspecified atom stereocenters. The van der Waals surface area contributed by atoms with Gasteiger partial charge in [0.1, 0.15) is 5.82 Å². The number of Topliss-reactive ketones (excluding diaryl/α,β-unsaturated/α-hetero) is 1. The zero-order chi connectivity index (χ0) is 15.8. The molecule has 0 radical (unpaired) electrons. The van der Waals surface area contributed by atoms with Gasteiger partial charge in [-0.1, -0.05) is 0 Å². The molecule has 0 saturated heterocycles. The molecule has 0 fully saturated rings. The van der Waals surface area contributed by atoms with Crippen LogP contribution in [0.25, 0.3) is 0 Å². The van der Waals surface area contributed by atoms with Crippen LogP contribution >= 0.6 is 11.8 Å². The van der Waals surface area contributed by atoms with E-state index in [-0.39, 0.29) is 12.4 Å². The van der Waals surface area contributed by atoms with E-state index in [9.17, 15) is 19.1 Å². The van der Waals surface area contributed by atoms with Crippen LogP contribution in [0.15, 0.2) is 47.1 Å². The van der Waals surface area contributed by atoms with Crippen LogP contribution in [0.2, 0.25) is 0 Å². The minimum Gasteiger partial charge on any atom is -0.502 e. The number of esters is 1. The minimum atomic E-state index is -0.858. The first kappa shape index (κ1) is 17.0. The van der Waals surface area contributed by atoms with Crippen molar-refractivity contribution in [2.75, 3.05) is 12.9 Å². The van der Waals surface area contributed by atoms with Crippen molar-refractivity contribution >= 4 is 23.5 Å². The fraction of sp³-hybridized carbons (Fsp3) is 0.200. The van der Waals surface area contributed by atoms with Gasteiger partial charge in [0, 0.05) is 5.56 Å². The van der Waals surface area contributed by atoms with Crippen molar-refractivity contribution in [3.05, 3.63) is 58.5 Å². The Bertz CT molecular complexity index is 576. The van der Waals surface area contributed by atoms with Crippen molar-refractivity contribution in [2.24, 2.45) is 0 Å². The number of thioether (sulfide) groups is 1. The number of benzene rings is 1. The third-order valence-corrected chi connectivity index (χ3v) is 3.19. The van der Waals surface area contributed by atoms with Gasteiger partial charge in [-0.05, 0) is 49.6 Å². The number of hydrogen-bond donors (Lipinski definition) is 1. The molecule has 0 atom stereocenters. The largest absolute Gasteiger partial charge is 0.502 e. The fourth-order valence-electron chi connectivity index (χ4n) is 1.41. The molecule has 0 spiro atoms. The number of carbonyl (C=O) groups is 2. The van der Waals surface area contributed by atoms with E-state index < -0.39 is 17.5 Å². The van der Waals surface area contributed by atoms with Crippen LogP contribution in [-0.4, -0.2) is 29.7 Å². The lowest BCUT2D eigenvalue weighted by atomic mass is 10.1. The lowest BCUT2D eigenvalue weighted by molar-refractivity contribution is -0.141. The summed E-state index contributed by atoms with van der Waals surface area (Å²) in [4.78, 5) is 23.7. The Morgan fingerprint density at radius 1 is 1.29 bits per heavy atom. The maximum absolute atomic E-state index is 12.8. The van der Waals surface area contributed by atoms with Gasteiger partial charge in [0.15, 0.2) is 5.78 Å². The summed E-state index contributed by atoms with van der Waals surface area (Å²) >= 11 is 1.15. The molecule has 1 aromatic carbocycles. The summed E-state index contributed by atoms with van der Waals surface area (Å²) in [6, 6.07) is 5.13. The Hall–Kier alpha value is -2.08. The van der Waals surface area contributed by atoms with Gasteiger partial charge in [0.05, 0.1) is 11.5 Å². The zero-order valence-electron chi connectivity index (χ0n) is 11.6. The molecular weight excluding hydrogens is 295 g/mol. The van der Waals surface area contributed by atoms with Crippen LogP contribution in [0.3, 0.4) is 0 Å². The van der Waals surface area contributed by atoms with Crippen molar-refractivity contribution in [3.63, 3.8) is 0 Å². The van der Waals surface area contributed by atoms with E-state index in [0.29, 0.717) is 10.5 Å². The van der Waals surface area contributed by atoms with Crippen LogP contribution < -0.4 is 0 Å². The summed E-state index contributed by atoms with van der Waals surface area (Å²) in [5.41, 5.74) is 0.320. The minimum absolute atomic E-state index is 0.143. The fourth-order valence-corrected chi connectivity index (χ4v) is 1.92. The molecule has 4 nitrogen and oxygen atoms in total. The van der Waals surface area contributed by atoms with Crippen molar-refractivity contribution in [1.29, 1.82) is 0 Å². The maximum atomic E-state index is 12.8. The summed E-state index contributed by atoms with van der Waals surface area (Å²) in [6.07, 6.45) is 4.11. The normalized spacial score (nSPS) is 12.1. The van der Waals surface area contributed by atoms with Crippen molar-refractivity contribution in [2.45, 2.75) is 6.92 Å². The number of carbonyl (C=O) groups excluding carboxylic acids is 2. The van der Waals surface area contributed by atoms with E-state index in [1.807, 2.05) is 0 Å².